The van der Waals surface area contributed by atoms with Crippen LogP contribution in [0, 0.1) is 0 Å². The lowest BCUT2D eigenvalue weighted by molar-refractivity contribution is -0.280. The van der Waals surface area contributed by atoms with E-state index in [2.05, 4.69) is 18.7 Å². The number of amides is 1. The third kappa shape index (κ3) is 6.66. The molecule has 0 spiro atoms. The summed E-state index contributed by atoms with van der Waals surface area (Å²) in [5.41, 5.74) is 0. The Labute approximate surface area is 201 Å². The second kappa shape index (κ2) is 11.3. The fourth-order valence-corrected chi connectivity index (χ4v) is 5.61. The van der Waals surface area contributed by atoms with Crippen LogP contribution in [0.5, 0.6) is 0 Å². The first-order valence-corrected chi connectivity index (χ1v) is 13.1. The molecular formula is C15H26N2O17P2. The largest absolute Gasteiger partial charge is 0.483 e. The van der Waals surface area contributed by atoms with E-state index >= 15 is 0 Å². The van der Waals surface area contributed by atoms with Gasteiger partial charge in [0.15, 0.2) is 12.5 Å². The molecule has 36 heavy (non-hydrogen) atoms. The van der Waals surface area contributed by atoms with Gasteiger partial charge in [-0.3, -0.25) is 13.8 Å². The predicted octanol–water partition coefficient (Wildman–Crippen LogP) is -5.29. The van der Waals surface area contributed by atoms with Crippen LogP contribution in [0.25, 0.3) is 0 Å². The molecule has 2 unspecified atom stereocenters. The molecule has 0 aromatic heterocycles. The van der Waals surface area contributed by atoms with Gasteiger partial charge in [0.25, 0.3) is 0 Å². The van der Waals surface area contributed by atoms with E-state index in [1.54, 1.807) is 0 Å². The Morgan fingerprint density at radius 3 is 2.17 bits per heavy atom. The minimum Gasteiger partial charge on any atom is -0.394 e. The summed E-state index contributed by atoms with van der Waals surface area (Å²) in [7, 11) is -11.0. The molecule has 0 aromatic rings. The first-order chi connectivity index (χ1) is 16.7. The summed E-state index contributed by atoms with van der Waals surface area (Å²) in [6.45, 7) is -1.89. The SMILES string of the molecule is O=C1C=CN([C@@H]2O[C@H](COP(=O)(O)OP(=O)(O)O[C@H]3O[C@H](CO)[C@@H](O)[C@H](O)[C@H]3O)[C@@H](O)[C@H]2O)[C@@H](O)N1. The Kier molecular flexibility index (Phi) is 9.28. The number of hydrogen-bond donors (Lipinski definition) is 10. The van der Waals surface area contributed by atoms with Gasteiger partial charge in [-0.1, -0.05) is 0 Å². The first-order valence-electron chi connectivity index (χ1n) is 10.1. The molecule has 3 aliphatic heterocycles. The molecule has 0 radical (unpaired) electrons. The Bertz CT molecular complexity index is 920. The van der Waals surface area contributed by atoms with E-state index in [-0.39, 0.29) is 0 Å². The molecule has 208 valence electrons. The van der Waals surface area contributed by atoms with Crippen LogP contribution in [-0.2, 0) is 36.8 Å². The Morgan fingerprint density at radius 1 is 0.917 bits per heavy atom. The van der Waals surface area contributed by atoms with E-state index < -0.39 is 96.4 Å². The van der Waals surface area contributed by atoms with Crippen molar-refractivity contribution in [3.05, 3.63) is 12.3 Å². The summed E-state index contributed by atoms with van der Waals surface area (Å²) < 4.78 is 47.5. The van der Waals surface area contributed by atoms with E-state index in [0.29, 0.717) is 0 Å². The van der Waals surface area contributed by atoms with Crippen LogP contribution in [0.3, 0.4) is 0 Å². The minimum absolute atomic E-state index is 0.649. The Hall–Kier alpha value is -1.09. The third-order valence-corrected chi connectivity index (χ3v) is 7.88. The Balaban J connectivity index is 1.58. The van der Waals surface area contributed by atoms with Crippen molar-refractivity contribution in [1.29, 1.82) is 0 Å². The molecule has 0 bridgehead atoms. The second-order valence-electron chi connectivity index (χ2n) is 7.81. The fourth-order valence-electron chi connectivity index (χ4n) is 3.45. The number of carbonyl (C=O) groups is 1. The van der Waals surface area contributed by atoms with Crippen LogP contribution in [0.1, 0.15) is 0 Å². The van der Waals surface area contributed by atoms with Gasteiger partial charge < -0.3 is 65.2 Å². The summed E-state index contributed by atoms with van der Waals surface area (Å²) in [6, 6.07) is 0. The predicted molar refractivity (Wildman–Crippen MR) is 107 cm³/mol. The average Bonchev–Trinajstić information content (AvgIpc) is 3.06. The van der Waals surface area contributed by atoms with Gasteiger partial charge in [-0.05, 0) is 0 Å². The quantitative estimate of drug-likeness (QED) is 0.116. The number of rotatable bonds is 9. The minimum atomic E-state index is -5.58. The van der Waals surface area contributed by atoms with Gasteiger partial charge in [-0.15, -0.1) is 0 Å². The summed E-state index contributed by atoms with van der Waals surface area (Å²) in [5.74, 6) is -0.649. The van der Waals surface area contributed by atoms with Gasteiger partial charge in [0.1, 0.15) is 42.7 Å². The van der Waals surface area contributed by atoms with E-state index in [1.807, 2.05) is 0 Å². The zero-order valence-electron chi connectivity index (χ0n) is 18.0. The summed E-state index contributed by atoms with van der Waals surface area (Å²) in [6.07, 6.45) is -15.7. The van der Waals surface area contributed by atoms with Crippen LogP contribution in [0.4, 0.5) is 0 Å². The van der Waals surface area contributed by atoms with Crippen molar-refractivity contribution in [2.75, 3.05) is 13.2 Å². The number of aliphatic hydroxyl groups is 7. The lowest BCUT2D eigenvalue weighted by atomic mass is 10.00. The number of carbonyl (C=O) groups excluding carboxylic acids is 1. The van der Waals surface area contributed by atoms with Gasteiger partial charge in [-0.2, -0.15) is 4.31 Å². The molecule has 0 saturated carbocycles. The number of aliphatic hydroxyl groups excluding tert-OH is 7. The molecule has 3 rings (SSSR count). The van der Waals surface area contributed by atoms with Gasteiger partial charge in [-0.25, -0.2) is 9.13 Å². The van der Waals surface area contributed by atoms with Gasteiger partial charge in [0.2, 0.25) is 12.3 Å². The summed E-state index contributed by atoms with van der Waals surface area (Å²) >= 11 is 0. The maximum Gasteiger partial charge on any atom is 0.483 e. The maximum absolute atomic E-state index is 12.2. The van der Waals surface area contributed by atoms with Crippen molar-refractivity contribution < 1.29 is 82.3 Å². The highest BCUT2D eigenvalue weighted by Gasteiger charge is 2.50. The normalized spacial score (nSPS) is 42.6. The van der Waals surface area contributed by atoms with Crippen molar-refractivity contribution in [2.45, 2.75) is 61.6 Å². The molecule has 19 nitrogen and oxygen atoms in total. The molecule has 2 saturated heterocycles. The first kappa shape index (κ1) is 29.5. The van der Waals surface area contributed by atoms with E-state index in [9.17, 15) is 54.4 Å². The lowest BCUT2D eigenvalue weighted by Crippen LogP contribution is -2.58. The van der Waals surface area contributed by atoms with Crippen LogP contribution in [-0.4, -0.2) is 131 Å². The highest BCUT2D eigenvalue weighted by Crippen LogP contribution is 2.61. The van der Waals surface area contributed by atoms with Crippen molar-refractivity contribution in [1.82, 2.24) is 10.2 Å². The molecule has 12 atom stereocenters. The number of ether oxygens (including phenoxy) is 2. The number of nitrogens with one attached hydrogen (secondary N) is 1. The number of hydrogen-bond acceptors (Lipinski definition) is 16. The molecule has 10 N–H and O–H groups in total. The van der Waals surface area contributed by atoms with Crippen molar-refractivity contribution >= 4 is 21.6 Å². The molecule has 3 aliphatic rings. The number of phosphoric acid groups is 2. The molecular weight excluding hydrogens is 542 g/mol. The second-order valence-corrected chi connectivity index (χ2v) is 10.8. The topological polar surface area (TPSA) is 295 Å². The van der Waals surface area contributed by atoms with Crippen LogP contribution in [0.15, 0.2) is 12.3 Å². The average molecular weight is 568 g/mol. The zero-order valence-corrected chi connectivity index (χ0v) is 19.8. The number of nitrogens with zero attached hydrogens (tertiary/aromatic N) is 1. The summed E-state index contributed by atoms with van der Waals surface area (Å²) in [4.78, 5) is 31.7. The molecule has 1 amide bonds. The van der Waals surface area contributed by atoms with Crippen LogP contribution < -0.4 is 5.32 Å². The lowest BCUT2D eigenvalue weighted by Gasteiger charge is -2.39. The number of phosphoric ester groups is 2. The summed E-state index contributed by atoms with van der Waals surface area (Å²) in [5, 5.41) is 70.6. The third-order valence-electron chi connectivity index (χ3n) is 5.28. The van der Waals surface area contributed by atoms with E-state index in [0.717, 1.165) is 17.2 Å². The van der Waals surface area contributed by atoms with Crippen LogP contribution in [0.2, 0.25) is 0 Å². The van der Waals surface area contributed by atoms with Crippen molar-refractivity contribution in [3.63, 3.8) is 0 Å². The molecule has 3 heterocycles. The van der Waals surface area contributed by atoms with Crippen LogP contribution >= 0.6 is 15.6 Å². The molecule has 2 fully saturated rings. The fraction of sp³-hybridized carbons (Fsp3) is 0.800. The van der Waals surface area contributed by atoms with E-state index in [4.69, 9.17) is 14.6 Å². The molecule has 21 heteroatoms. The smallest absolute Gasteiger partial charge is 0.394 e. The van der Waals surface area contributed by atoms with Gasteiger partial charge in [0.05, 0.1) is 13.2 Å². The highest BCUT2D eigenvalue weighted by atomic mass is 31.3. The van der Waals surface area contributed by atoms with Crippen molar-refractivity contribution in [2.24, 2.45) is 0 Å². The Morgan fingerprint density at radius 2 is 1.56 bits per heavy atom. The van der Waals surface area contributed by atoms with Gasteiger partial charge >= 0.3 is 15.6 Å². The zero-order chi connectivity index (χ0) is 27.0. The van der Waals surface area contributed by atoms with E-state index in [1.165, 1.54) is 0 Å². The van der Waals surface area contributed by atoms with Gasteiger partial charge in [0, 0.05) is 12.3 Å². The molecule has 0 aromatic carbocycles. The molecule has 0 aliphatic carbocycles. The highest BCUT2D eigenvalue weighted by molar-refractivity contribution is 7.61. The monoisotopic (exact) mass is 568 g/mol. The maximum atomic E-state index is 12.2. The van der Waals surface area contributed by atoms with Crippen molar-refractivity contribution in [3.8, 4) is 0 Å². The standard InChI is InChI=1S/C15H26N2O17P2/c18-3-5-8(20)10(22)12(24)14(32-5)33-36(28,29)34-35(26,27)30-4-6-9(21)11(23)13(31-6)17-2-1-7(19)16-15(17)25/h1-2,5-6,8-15,18,20-25H,3-4H2,(H,16,19)(H,26,27)(H,28,29)/t5-,6-,8-,9-,10+,11-,12-,13-,14-,15+/m1/s1.